The Morgan fingerprint density at radius 2 is 2.56 bits per heavy atom. The zero-order chi connectivity index (χ0) is 13.1. The molecule has 96 valence electrons. The second-order valence-electron chi connectivity index (χ2n) is 4.15. The van der Waals surface area contributed by atoms with Gasteiger partial charge in [-0.1, -0.05) is 17.8 Å². The Morgan fingerprint density at radius 3 is 3.28 bits per heavy atom. The molecule has 0 saturated heterocycles. The minimum Gasteiger partial charge on any atom is -0.353 e. The third-order valence-corrected chi connectivity index (χ3v) is 3.78. The highest BCUT2D eigenvalue weighted by molar-refractivity contribution is 7.99. The average Bonchev–Trinajstić information content (AvgIpc) is 2.69. The molecule has 0 aliphatic carbocycles. The molecule has 1 aliphatic rings. The van der Waals surface area contributed by atoms with Gasteiger partial charge >= 0.3 is 0 Å². The number of thioether (sulfide) groups is 1. The molecular formula is C12H15N3O2S. The van der Waals surface area contributed by atoms with Crippen LogP contribution in [0.2, 0.25) is 0 Å². The molecule has 0 spiro atoms. The monoisotopic (exact) mass is 265 g/mol. The maximum atomic E-state index is 11.9. The molecule has 1 atom stereocenters. The number of aromatic nitrogens is 2. The Kier molecular flexibility index (Phi) is 3.86. The highest BCUT2D eigenvalue weighted by Gasteiger charge is 2.27. The summed E-state index contributed by atoms with van der Waals surface area (Å²) >= 11 is 1.52. The van der Waals surface area contributed by atoms with Crippen molar-refractivity contribution in [1.29, 1.82) is 0 Å². The lowest BCUT2D eigenvalue weighted by Gasteiger charge is -2.12. The van der Waals surface area contributed by atoms with Gasteiger partial charge in [-0.25, -0.2) is 4.98 Å². The first-order chi connectivity index (χ1) is 8.61. The van der Waals surface area contributed by atoms with Crippen LogP contribution >= 0.6 is 11.8 Å². The largest absolute Gasteiger partial charge is 0.353 e. The molecule has 0 fully saturated rings. The first kappa shape index (κ1) is 12.9. The molecule has 18 heavy (non-hydrogen) atoms. The van der Waals surface area contributed by atoms with E-state index in [1.165, 1.54) is 17.8 Å². The number of fused-ring (bicyclic) bond motifs is 1. The quantitative estimate of drug-likeness (QED) is 0.648. The Hall–Kier alpha value is -1.56. The van der Waals surface area contributed by atoms with Crippen molar-refractivity contribution in [2.45, 2.75) is 24.5 Å². The van der Waals surface area contributed by atoms with Crippen LogP contribution in [0.25, 0.3) is 0 Å². The number of carbonyl (C=O) groups is 1. The fourth-order valence-corrected chi connectivity index (χ4v) is 3.08. The summed E-state index contributed by atoms with van der Waals surface area (Å²) in [6.45, 7) is 5.79. The standard InChI is InChI=1S/C12H15N3O2S/c1-3-4-13-10(16)6-9-7-18-12-14-8(2)5-11(17)15(9)12/h3,5,9H,1,4,6-7H2,2H3,(H,13,16)/t9-/m1/s1. The van der Waals surface area contributed by atoms with Gasteiger partial charge in [0.05, 0.1) is 6.04 Å². The lowest BCUT2D eigenvalue weighted by atomic mass is 10.2. The van der Waals surface area contributed by atoms with E-state index in [0.29, 0.717) is 23.9 Å². The molecule has 0 radical (unpaired) electrons. The maximum absolute atomic E-state index is 11.9. The van der Waals surface area contributed by atoms with Crippen LogP contribution in [-0.4, -0.2) is 27.8 Å². The van der Waals surface area contributed by atoms with Crippen LogP contribution in [0.15, 0.2) is 28.7 Å². The van der Waals surface area contributed by atoms with E-state index in [4.69, 9.17) is 0 Å². The van der Waals surface area contributed by atoms with Crippen LogP contribution in [0.5, 0.6) is 0 Å². The molecule has 2 rings (SSSR count). The second-order valence-corrected chi connectivity index (χ2v) is 5.14. The van der Waals surface area contributed by atoms with Crippen LogP contribution < -0.4 is 10.9 Å². The molecule has 1 aromatic heterocycles. The molecule has 1 aliphatic heterocycles. The van der Waals surface area contributed by atoms with Gasteiger partial charge < -0.3 is 5.32 Å². The van der Waals surface area contributed by atoms with Crippen molar-refractivity contribution < 1.29 is 4.79 Å². The Morgan fingerprint density at radius 1 is 1.78 bits per heavy atom. The molecular weight excluding hydrogens is 250 g/mol. The highest BCUT2D eigenvalue weighted by atomic mass is 32.2. The van der Waals surface area contributed by atoms with Crippen LogP contribution in [0.4, 0.5) is 0 Å². The SMILES string of the molecule is C=CCNC(=O)C[C@@H]1CSc2nc(C)cc(=O)n21. The van der Waals surface area contributed by atoms with Gasteiger partial charge in [-0.05, 0) is 6.92 Å². The zero-order valence-corrected chi connectivity index (χ0v) is 11.0. The maximum Gasteiger partial charge on any atom is 0.254 e. The van der Waals surface area contributed by atoms with Crippen molar-refractivity contribution in [2.24, 2.45) is 0 Å². The molecule has 1 N–H and O–H groups in total. The van der Waals surface area contributed by atoms with E-state index >= 15 is 0 Å². The summed E-state index contributed by atoms with van der Waals surface area (Å²) in [5.41, 5.74) is 0.638. The van der Waals surface area contributed by atoms with E-state index in [1.807, 2.05) is 0 Å². The van der Waals surface area contributed by atoms with Crippen LogP contribution in [-0.2, 0) is 4.79 Å². The molecule has 5 nitrogen and oxygen atoms in total. The third kappa shape index (κ3) is 2.64. The van der Waals surface area contributed by atoms with E-state index in [9.17, 15) is 9.59 Å². The van der Waals surface area contributed by atoms with E-state index in [1.54, 1.807) is 17.6 Å². The Labute approximate surface area is 109 Å². The Balaban J connectivity index is 2.14. The minimum absolute atomic E-state index is 0.0687. The van der Waals surface area contributed by atoms with Crippen LogP contribution in [0.1, 0.15) is 18.2 Å². The summed E-state index contributed by atoms with van der Waals surface area (Å²) in [5.74, 6) is 0.647. The number of amides is 1. The van der Waals surface area contributed by atoms with Crippen molar-refractivity contribution in [2.75, 3.05) is 12.3 Å². The summed E-state index contributed by atoms with van der Waals surface area (Å²) < 4.78 is 1.62. The predicted octanol–water partition coefficient (Wildman–Crippen LogP) is 0.891. The van der Waals surface area contributed by atoms with Crippen molar-refractivity contribution in [1.82, 2.24) is 14.9 Å². The molecule has 2 heterocycles. The molecule has 0 bridgehead atoms. The normalized spacial score (nSPS) is 17.3. The van der Waals surface area contributed by atoms with Crippen molar-refractivity contribution in [3.05, 3.63) is 34.8 Å². The van der Waals surface area contributed by atoms with E-state index < -0.39 is 0 Å². The molecule has 0 aromatic carbocycles. The lowest BCUT2D eigenvalue weighted by molar-refractivity contribution is -0.121. The summed E-state index contributed by atoms with van der Waals surface area (Å²) in [6.07, 6.45) is 1.94. The lowest BCUT2D eigenvalue weighted by Crippen LogP contribution is -2.30. The van der Waals surface area contributed by atoms with Gasteiger partial charge in [-0.3, -0.25) is 14.2 Å². The topological polar surface area (TPSA) is 64.0 Å². The predicted molar refractivity (Wildman–Crippen MR) is 70.8 cm³/mol. The summed E-state index contributed by atoms with van der Waals surface area (Å²) in [6, 6.07) is 1.40. The molecule has 1 amide bonds. The fraction of sp³-hybridized carbons (Fsp3) is 0.417. The number of nitrogens with zero attached hydrogens (tertiary/aromatic N) is 2. The number of hydrogen-bond acceptors (Lipinski definition) is 4. The number of hydrogen-bond donors (Lipinski definition) is 1. The molecule has 1 aromatic rings. The number of nitrogens with one attached hydrogen (secondary N) is 1. The van der Waals surface area contributed by atoms with Gasteiger partial charge in [-0.15, -0.1) is 6.58 Å². The number of carbonyl (C=O) groups excluding carboxylic acids is 1. The van der Waals surface area contributed by atoms with Gasteiger partial charge in [0.25, 0.3) is 5.56 Å². The van der Waals surface area contributed by atoms with Gasteiger partial charge in [0.1, 0.15) is 0 Å². The highest BCUT2D eigenvalue weighted by Crippen LogP contribution is 2.31. The summed E-state index contributed by atoms with van der Waals surface area (Å²) in [4.78, 5) is 27.9. The van der Waals surface area contributed by atoms with Crippen molar-refractivity contribution in [3.8, 4) is 0 Å². The van der Waals surface area contributed by atoms with Crippen molar-refractivity contribution >= 4 is 17.7 Å². The minimum atomic E-state index is -0.101. The van der Waals surface area contributed by atoms with Gasteiger partial charge in [-0.2, -0.15) is 0 Å². The van der Waals surface area contributed by atoms with Crippen LogP contribution in [0.3, 0.4) is 0 Å². The Bertz CT molecular complexity index is 539. The van der Waals surface area contributed by atoms with Gasteiger partial charge in [0.2, 0.25) is 5.91 Å². The number of aryl methyl sites for hydroxylation is 1. The molecule has 6 heteroatoms. The second kappa shape index (κ2) is 5.39. The van der Waals surface area contributed by atoms with Crippen molar-refractivity contribution in [3.63, 3.8) is 0 Å². The number of rotatable bonds is 4. The average molecular weight is 265 g/mol. The third-order valence-electron chi connectivity index (χ3n) is 2.68. The van der Waals surface area contributed by atoms with Gasteiger partial charge in [0.15, 0.2) is 5.16 Å². The van der Waals surface area contributed by atoms with E-state index in [0.717, 1.165) is 5.69 Å². The molecule has 0 saturated carbocycles. The zero-order valence-electron chi connectivity index (χ0n) is 10.2. The van der Waals surface area contributed by atoms with E-state index in [-0.39, 0.29) is 17.5 Å². The van der Waals surface area contributed by atoms with E-state index in [2.05, 4.69) is 16.9 Å². The fourth-order valence-electron chi connectivity index (χ4n) is 1.89. The molecule has 0 unspecified atom stereocenters. The summed E-state index contributed by atoms with van der Waals surface area (Å²) in [7, 11) is 0. The van der Waals surface area contributed by atoms with Gasteiger partial charge in [0, 0.05) is 30.5 Å². The smallest absolute Gasteiger partial charge is 0.254 e. The summed E-state index contributed by atoms with van der Waals surface area (Å²) in [5, 5.41) is 3.43. The first-order valence-corrected chi connectivity index (χ1v) is 6.71. The first-order valence-electron chi connectivity index (χ1n) is 5.72. The van der Waals surface area contributed by atoms with Crippen LogP contribution in [0, 0.1) is 6.92 Å².